The van der Waals surface area contributed by atoms with Gasteiger partial charge in [-0.15, -0.1) is 10.2 Å². The Morgan fingerprint density at radius 1 is 1.35 bits per heavy atom. The Morgan fingerprint density at radius 3 is 2.71 bits per heavy atom. The van der Waals surface area contributed by atoms with Gasteiger partial charge in [0.2, 0.25) is 0 Å². The quantitative estimate of drug-likeness (QED) is 0.871. The van der Waals surface area contributed by atoms with Gasteiger partial charge in [-0.2, -0.15) is 0 Å². The van der Waals surface area contributed by atoms with Crippen molar-refractivity contribution < 1.29 is 5.11 Å². The molecule has 0 atom stereocenters. The number of aliphatic hydroxyl groups excluding tert-OH is 1. The van der Waals surface area contributed by atoms with Crippen LogP contribution in [0.15, 0.2) is 26.0 Å². The van der Waals surface area contributed by atoms with Crippen molar-refractivity contribution in [2.45, 2.75) is 27.2 Å². The number of nitrogens with zero attached hydrogens (tertiary/aromatic N) is 3. The summed E-state index contributed by atoms with van der Waals surface area (Å²) in [7, 11) is 0. The molecule has 0 spiro atoms. The van der Waals surface area contributed by atoms with E-state index in [0.717, 1.165) is 24.8 Å². The van der Waals surface area contributed by atoms with Gasteiger partial charge in [0.05, 0.1) is 6.61 Å². The molecule has 0 saturated carbocycles. The first kappa shape index (κ1) is 12.8. The van der Waals surface area contributed by atoms with Gasteiger partial charge < -0.3 is 5.11 Å². The molecule has 0 saturated heterocycles. The Morgan fingerprint density at radius 2 is 2.12 bits per heavy atom. The van der Waals surface area contributed by atoms with E-state index in [9.17, 15) is 0 Å². The average Bonchev–Trinajstić information content (AvgIpc) is 2.79. The van der Waals surface area contributed by atoms with Crippen LogP contribution in [-0.2, 0) is 6.61 Å². The van der Waals surface area contributed by atoms with Crippen LogP contribution in [0, 0.1) is 6.92 Å². The molecule has 2 aromatic rings. The molecule has 90 valence electrons. The highest BCUT2D eigenvalue weighted by molar-refractivity contribution is 8.02. The topological polar surface area (TPSA) is 58.9 Å². The van der Waals surface area contributed by atoms with Gasteiger partial charge in [0.1, 0.15) is 5.03 Å². The standard InChI is InChI=1S/C10H11N3OS3/c1-6-3-7(5-14)4-11-8(6)16-10-13-12-9(15-2)17-10/h3-4,14H,5H2,1-2H3. The third kappa shape index (κ3) is 3.19. The van der Waals surface area contributed by atoms with Crippen molar-refractivity contribution in [2.24, 2.45) is 0 Å². The second-order valence-electron chi connectivity index (χ2n) is 3.26. The first-order valence-electron chi connectivity index (χ1n) is 4.84. The van der Waals surface area contributed by atoms with Crippen LogP contribution in [0.1, 0.15) is 11.1 Å². The lowest BCUT2D eigenvalue weighted by Crippen LogP contribution is -1.90. The summed E-state index contributed by atoms with van der Waals surface area (Å²) in [6, 6.07) is 1.94. The molecule has 0 unspecified atom stereocenters. The first-order chi connectivity index (χ1) is 8.22. The zero-order valence-corrected chi connectivity index (χ0v) is 11.8. The number of hydrogen-bond acceptors (Lipinski definition) is 7. The number of hydrogen-bond donors (Lipinski definition) is 1. The molecule has 0 radical (unpaired) electrons. The van der Waals surface area contributed by atoms with Crippen LogP contribution in [0.5, 0.6) is 0 Å². The van der Waals surface area contributed by atoms with E-state index in [0.29, 0.717) is 0 Å². The highest BCUT2D eigenvalue weighted by atomic mass is 32.2. The SMILES string of the molecule is CSc1nnc(Sc2ncc(CO)cc2C)s1. The van der Waals surface area contributed by atoms with E-state index < -0.39 is 0 Å². The fourth-order valence-electron chi connectivity index (χ4n) is 1.22. The summed E-state index contributed by atoms with van der Waals surface area (Å²) in [5, 5.41) is 18.0. The second-order valence-corrected chi connectivity index (χ2v) is 6.53. The zero-order valence-electron chi connectivity index (χ0n) is 9.38. The molecular weight excluding hydrogens is 274 g/mol. The van der Waals surface area contributed by atoms with E-state index in [1.54, 1.807) is 29.3 Å². The highest BCUT2D eigenvalue weighted by Gasteiger charge is 2.08. The molecule has 0 fully saturated rings. The summed E-state index contributed by atoms with van der Waals surface area (Å²) >= 11 is 4.66. The van der Waals surface area contributed by atoms with E-state index in [1.165, 1.54) is 11.8 Å². The predicted molar refractivity (Wildman–Crippen MR) is 70.7 cm³/mol. The van der Waals surface area contributed by atoms with Crippen LogP contribution in [0.2, 0.25) is 0 Å². The van der Waals surface area contributed by atoms with Crippen molar-refractivity contribution >= 4 is 34.9 Å². The van der Waals surface area contributed by atoms with Crippen LogP contribution in [0.3, 0.4) is 0 Å². The minimum Gasteiger partial charge on any atom is -0.392 e. The molecular formula is C10H11N3OS3. The van der Waals surface area contributed by atoms with Crippen molar-refractivity contribution in [1.82, 2.24) is 15.2 Å². The summed E-state index contributed by atoms with van der Waals surface area (Å²) in [6.45, 7) is 2.00. The number of aliphatic hydroxyl groups is 1. The average molecular weight is 285 g/mol. The van der Waals surface area contributed by atoms with Crippen LogP contribution in [-0.4, -0.2) is 26.5 Å². The van der Waals surface area contributed by atoms with Gasteiger partial charge in [-0.1, -0.05) is 23.1 Å². The number of rotatable bonds is 4. The Balaban J connectivity index is 2.18. The molecule has 0 aromatic carbocycles. The molecule has 1 N–H and O–H groups in total. The summed E-state index contributed by atoms with van der Waals surface area (Å²) < 4.78 is 1.85. The van der Waals surface area contributed by atoms with Crippen LogP contribution in [0.25, 0.3) is 0 Å². The van der Waals surface area contributed by atoms with Crippen LogP contribution in [0.4, 0.5) is 0 Å². The monoisotopic (exact) mass is 285 g/mol. The molecule has 2 aromatic heterocycles. The molecule has 2 heterocycles. The number of pyridine rings is 1. The Hall–Kier alpha value is -0.630. The Kier molecular flexibility index (Phi) is 4.38. The van der Waals surface area contributed by atoms with Crippen LogP contribution < -0.4 is 0 Å². The molecule has 2 rings (SSSR count). The normalized spacial score (nSPS) is 10.8. The lowest BCUT2D eigenvalue weighted by atomic mass is 10.2. The third-order valence-electron chi connectivity index (χ3n) is 2.02. The summed E-state index contributed by atoms with van der Waals surface area (Å²) in [4.78, 5) is 4.31. The van der Waals surface area contributed by atoms with Crippen LogP contribution >= 0.6 is 34.9 Å². The number of aryl methyl sites for hydroxylation is 1. The minimum atomic E-state index is 0.0220. The summed E-state index contributed by atoms with van der Waals surface area (Å²) in [5.41, 5.74) is 1.87. The maximum Gasteiger partial charge on any atom is 0.181 e. The van der Waals surface area contributed by atoms with Crippen molar-refractivity contribution in [3.05, 3.63) is 23.4 Å². The van der Waals surface area contributed by atoms with Gasteiger partial charge in [-0.3, -0.25) is 0 Å². The van der Waals surface area contributed by atoms with Gasteiger partial charge in [0, 0.05) is 6.20 Å². The van der Waals surface area contributed by atoms with Gasteiger partial charge in [-0.25, -0.2) is 4.98 Å². The van der Waals surface area contributed by atoms with E-state index >= 15 is 0 Å². The van der Waals surface area contributed by atoms with Gasteiger partial charge >= 0.3 is 0 Å². The third-order valence-corrected chi connectivity index (χ3v) is 5.09. The molecule has 7 heteroatoms. The molecule has 0 aliphatic heterocycles. The lowest BCUT2D eigenvalue weighted by Gasteiger charge is -2.03. The maximum absolute atomic E-state index is 9.01. The van der Waals surface area contributed by atoms with Crippen molar-refractivity contribution in [3.8, 4) is 0 Å². The highest BCUT2D eigenvalue weighted by Crippen LogP contribution is 2.33. The molecule has 17 heavy (non-hydrogen) atoms. The summed E-state index contributed by atoms with van der Waals surface area (Å²) in [5.74, 6) is 0. The van der Waals surface area contributed by atoms with E-state index in [-0.39, 0.29) is 6.61 Å². The second kappa shape index (κ2) is 5.81. The fraction of sp³-hybridized carbons (Fsp3) is 0.300. The van der Waals surface area contributed by atoms with Gasteiger partial charge in [-0.05, 0) is 42.1 Å². The maximum atomic E-state index is 9.01. The zero-order chi connectivity index (χ0) is 12.3. The molecule has 0 bridgehead atoms. The minimum absolute atomic E-state index is 0.0220. The number of aromatic nitrogens is 3. The van der Waals surface area contributed by atoms with Gasteiger partial charge in [0.15, 0.2) is 8.68 Å². The smallest absolute Gasteiger partial charge is 0.181 e. The van der Waals surface area contributed by atoms with Crippen molar-refractivity contribution in [2.75, 3.05) is 6.26 Å². The van der Waals surface area contributed by atoms with E-state index in [1.807, 2.05) is 19.2 Å². The number of thioether (sulfide) groups is 1. The first-order valence-corrected chi connectivity index (χ1v) is 7.70. The largest absolute Gasteiger partial charge is 0.392 e. The molecule has 0 amide bonds. The van der Waals surface area contributed by atoms with Crippen molar-refractivity contribution in [3.63, 3.8) is 0 Å². The van der Waals surface area contributed by atoms with Gasteiger partial charge in [0.25, 0.3) is 0 Å². The predicted octanol–water partition coefficient (Wildman–Crippen LogP) is 2.61. The lowest BCUT2D eigenvalue weighted by molar-refractivity contribution is 0.281. The fourth-order valence-corrected chi connectivity index (χ4v) is 3.59. The molecule has 4 nitrogen and oxygen atoms in total. The van der Waals surface area contributed by atoms with Crippen molar-refractivity contribution in [1.29, 1.82) is 0 Å². The molecule has 0 aliphatic rings. The summed E-state index contributed by atoms with van der Waals surface area (Å²) in [6.07, 6.45) is 3.67. The van der Waals surface area contributed by atoms with E-state index in [4.69, 9.17) is 5.11 Å². The molecule has 0 aliphatic carbocycles. The Bertz CT molecular complexity index is 515. The van der Waals surface area contributed by atoms with E-state index in [2.05, 4.69) is 15.2 Å². The Labute approximate surface area is 112 Å².